The first kappa shape index (κ1) is 16.8. The molecule has 0 heterocycles. The molecule has 2 amide bonds. The number of halogens is 2. The highest BCUT2D eigenvalue weighted by molar-refractivity contribution is 6.35. The molecule has 4 nitrogen and oxygen atoms in total. The van der Waals surface area contributed by atoms with Gasteiger partial charge in [-0.05, 0) is 24.1 Å². The molecule has 0 radical (unpaired) electrons. The van der Waals surface area contributed by atoms with Gasteiger partial charge in [-0.3, -0.25) is 0 Å². The van der Waals surface area contributed by atoms with E-state index in [0.717, 1.165) is 5.56 Å². The van der Waals surface area contributed by atoms with Crippen molar-refractivity contribution in [1.29, 1.82) is 0 Å². The first-order valence-corrected chi connectivity index (χ1v) is 7.03. The predicted octanol–water partition coefficient (Wildman–Crippen LogP) is 2.73. The Bertz CT molecular complexity index is 446. The number of nitrogens with zero attached hydrogens (tertiary/aromatic N) is 1. The van der Waals surface area contributed by atoms with Gasteiger partial charge in [-0.1, -0.05) is 35.3 Å². The normalized spacial score (nSPS) is 10.2. The maximum absolute atomic E-state index is 11.9. The maximum Gasteiger partial charge on any atom is 0.317 e. The van der Waals surface area contributed by atoms with E-state index in [-0.39, 0.29) is 19.2 Å². The molecule has 0 saturated carbocycles. The summed E-state index contributed by atoms with van der Waals surface area (Å²) >= 11 is 12.1. The second-order valence-corrected chi connectivity index (χ2v) is 4.95. The van der Waals surface area contributed by atoms with Crippen LogP contribution in [0.4, 0.5) is 4.79 Å². The van der Waals surface area contributed by atoms with Gasteiger partial charge in [-0.2, -0.15) is 0 Å². The van der Waals surface area contributed by atoms with Gasteiger partial charge >= 0.3 is 6.03 Å². The molecule has 0 aliphatic carbocycles. The van der Waals surface area contributed by atoms with Gasteiger partial charge in [-0.15, -0.1) is 6.58 Å². The molecule has 0 saturated heterocycles. The van der Waals surface area contributed by atoms with Crippen LogP contribution in [0.15, 0.2) is 30.9 Å². The molecule has 1 rings (SSSR count). The van der Waals surface area contributed by atoms with E-state index < -0.39 is 0 Å². The minimum atomic E-state index is -0.248. The molecule has 0 aliphatic rings. The summed E-state index contributed by atoms with van der Waals surface area (Å²) < 4.78 is 0. The summed E-state index contributed by atoms with van der Waals surface area (Å²) in [6.45, 7) is 4.57. The minimum Gasteiger partial charge on any atom is -0.395 e. The van der Waals surface area contributed by atoms with Crippen molar-refractivity contribution >= 4 is 29.2 Å². The van der Waals surface area contributed by atoms with E-state index in [9.17, 15) is 4.79 Å². The van der Waals surface area contributed by atoms with E-state index >= 15 is 0 Å². The zero-order chi connectivity index (χ0) is 15.0. The van der Waals surface area contributed by atoms with Crippen molar-refractivity contribution in [3.63, 3.8) is 0 Å². The Labute approximate surface area is 129 Å². The van der Waals surface area contributed by atoms with Crippen molar-refractivity contribution in [2.24, 2.45) is 0 Å². The van der Waals surface area contributed by atoms with Crippen molar-refractivity contribution in [3.8, 4) is 0 Å². The van der Waals surface area contributed by atoms with Crippen molar-refractivity contribution in [3.05, 3.63) is 46.5 Å². The predicted molar refractivity (Wildman–Crippen MR) is 82.4 cm³/mol. The molecule has 0 fully saturated rings. The average molecular weight is 317 g/mol. The monoisotopic (exact) mass is 316 g/mol. The number of hydrogen-bond acceptors (Lipinski definition) is 2. The summed E-state index contributed by atoms with van der Waals surface area (Å²) in [6, 6.07) is 5.06. The lowest BCUT2D eigenvalue weighted by Gasteiger charge is -2.20. The van der Waals surface area contributed by atoms with Crippen LogP contribution < -0.4 is 5.32 Å². The van der Waals surface area contributed by atoms with Crippen molar-refractivity contribution in [1.82, 2.24) is 10.2 Å². The van der Waals surface area contributed by atoms with Gasteiger partial charge in [0.15, 0.2) is 0 Å². The molecular weight excluding hydrogens is 299 g/mol. The first-order valence-electron chi connectivity index (χ1n) is 6.27. The van der Waals surface area contributed by atoms with Crippen LogP contribution in [-0.4, -0.2) is 42.3 Å². The van der Waals surface area contributed by atoms with Gasteiger partial charge in [0.05, 0.1) is 6.61 Å². The van der Waals surface area contributed by atoms with E-state index in [1.54, 1.807) is 24.3 Å². The van der Waals surface area contributed by atoms with Crippen LogP contribution in [0, 0.1) is 0 Å². The van der Waals surface area contributed by atoms with Gasteiger partial charge < -0.3 is 15.3 Å². The molecule has 2 N–H and O–H groups in total. The molecule has 6 heteroatoms. The number of carbonyl (C=O) groups excluding carboxylic acids is 1. The Hall–Kier alpha value is -1.23. The third kappa shape index (κ3) is 5.04. The zero-order valence-corrected chi connectivity index (χ0v) is 12.6. The van der Waals surface area contributed by atoms with Crippen LogP contribution in [0.1, 0.15) is 5.56 Å². The fraction of sp³-hybridized carbons (Fsp3) is 0.357. The number of carbonyl (C=O) groups is 1. The Kier molecular flexibility index (Phi) is 7.44. The number of aliphatic hydroxyl groups excluding tert-OH is 1. The molecule has 0 aromatic heterocycles. The molecule has 0 unspecified atom stereocenters. The molecule has 0 spiro atoms. The number of hydrogen-bond donors (Lipinski definition) is 2. The SMILES string of the molecule is C=CCN(CCO)C(=O)NCCc1c(Cl)cccc1Cl. The summed E-state index contributed by atoms with van der Waals surface area (Å²) in [5.41, 5.74) is 0.813. The molecule has 1 aromatic rings. The highest BCUT2D eigenvalue weighted by atomic mass is 35.5. The zero-order valence-electron chi connectivity index (χ0n) is 11.1. The van der Waals surface area contributed by atoms with E-state index in [0.29, 0.717) is 29.6 Å². The fourth-order valence-corrected chi connectivity index (χ4v) is 2.32. The lowest BCUT2D eigenvalue weighted by atomic mass is 10.1. The summed E-state index contributed by atoms with van der Waals surface area (Å²) in [5.74, 6) is 0. The molecule has 0 bridgehead atoms. The Balaban J connectivity index is 2.50. The molecule has 0 aliphatic heterocycles. The smallest absolute Gasteiger partial charge is 0.317 e. The fourth-order valence-electron chi connectivity index (χ4n) is 1.73. The quantitative estimate of drug-likeness (QED) is 0.760. The van der Waals surface area contributed by atoms with E-state index in [1.807, 2.05) is 0 Å². The Morgan fingerprint density at radius 1 is 1.40 bits per heavy atom. The molecule has 1 aromatic carbocycles. The lowest BCUT2D eigenvalue weighted by molar-refractivity contribution is 0.184. The van der Waals surface area contributed by atoms with Crippen molar-refractivity contribution in [2.75, 3.05) is 26.2 Å². The molecule has 20 heavy (non-hydrogen) atoms. The molecule has 0 atom stereocenters. The Morgan fingerprint density at radius 2 is 2.05 bits per heavy atom. The average Bonchev–Trinajstić information content (AvgIpc) is 2.41. The largest absolute Gasteiger partial charge is 0.395 e. The third-order valence-corrected chi connectivity index (χ3v) is 3.43. The minimum absolute atomic E-state index is 0.0857. The van der Waals surface area contributed by atoms with Crippen LogP contribution in [0.5, 0.6) is 0 Å². The van der Waals surface area contributed by atoms with Crippen LogP contribution in [-0.2, 0) is 6.42 Å². The standard InChI is InChI=1S/C14H18Cl2N2O2/c1-2-8-18(9-10-19)14(20)17-7-6-11-12(15)4-3-5-13(11)16/h2-5,19H,1,6-10H2,(H,17,20). The second kappa shape index (κ2) is 8.84. The van der Waals surface area contributed by atoms with Crippen LogP contribution in [0.3, 0.4) is 0 Å². The van der Waals surface area contributed by atoms with Crippen LogP contribution in [0.25, 0.3) is 0 Å². The van der Waals surface area contributed by atoms with Crippen molar-refractivity contribution in [2.45, 2.75) is 6.42 Å². The van der Waals surface area contributed by atoms with Gasteiger partial charge in [-0.25, -0.2) is 4.79 Å². The molecular formula is C14H18Cl2N2O2. The number of nitrogens with one attached hydrogen (secondary N) is 1. The summed E-state index contributed by atoms with van der Waals surface area (Å²) in [6.07, 6.45) is 2.16. The van der Waals surface area contributed by atoms with Crippen LogP contribution in [0.2, 0.25) is 10.0 Å². The number of amides is 2. The number of aliphatic hydroxyl groups is 1. The lowest BCUT2D eigenvalue weighted by Crippen LogP contribution is -2.42. The summed E-state index contributed by atoms with van der Waals surface area (Å²) in [4.78, 5) is 13.3. The van der Waals surface area contributed by atoms with Crippen LogP contribution >= 0.6 is 23.2 Å². The highest BCUT2D eigenvalue weighted by Crippen LogP contribution is 2.24. The van der Waals surface area contributed by atoms with Crippen molar-refractivity contribution < 1.29 is 9.90 Å². The third-order valence-electron chi connectivity index (χ3n) is 2.72. The summed E-state index contributed by atoms with van der Waals surface area (Å²) in [7, 11) is 0. The topological polar surface area (TPSA) is 52.6 Å². The van der Waals surface area contributed by atoms with Gasteiger partial charge in [0.25, 0.3) is 0 Å². The number of urea groups is 1. The van der Waals surface area contributed by atoms with E-state index in [4.69, 9.17) is 28.3 Å². The maximum atomic E-state index is 11.9. The van der Waals surface area contributed by atoms with E-state index in [1.165, 1.54) is 4.90 Å². The second-order valence-electron chi connectivity index (χ2n) is 4.14. The van der Waals surface area contributed by atoms with Gasteiger partial charge in [0.2, 0.25) is 0 Å². The molecule has 110 valence electrons. The van der Waals surface area contributed by atoms with Gasteiger partial charge in [0, 0.05) is 29.7 Å². The number of benzene rings is 1. The van der Waals surface area contributed by atoms with Gasteiger partial charge in [0.1, 0.15) is 0 Å². The first-order chi connectivity index (χ1) is 9.60. The Morgan fingerprint density at radius 3 is 2.60 bits per heavy atom. The van der Waals surface area contributed by atoms with E-state index in [2.05, 4.69) is 11.9 Å². The summed E-state index contributed by atoms with van der Waals surface area (Å²) in [5, 5.41) is 12.8. The number of rotatable bonds is 7. The highest BCUT2D eigenvalue weighted by Gasteiger charge is 2.11.